The molecule has 6 nitrogen and oxygen atoms in total. The summed E-state index contributed by atoms with van der Waals surface area (Å²) in [6, 6.07) is 12.8. The first kappa shape index (κ1) is 16.8. The molecule has 2 N–H and O–H groups in total. The number of hydrogen-bond donors (Lipinski definition) is 2. The second kappa shape index (κ2) is 7.25. The number of rotatable bonds is 3. The number of para-hydroxylation sites is 2. The zero-order chi connectivity index (χ0) is 17.8. The van der Waals surface area contributed by atoms with Crippen LogP contribution in [0.25, 0.3) is 0 Å². The molecule has 0 saturated heterocycles. The summed E-state index contributed by atoms with van der Waals surface area (Å²) in [6.07, 6.45) is -0.340. The summed E-state index contributed by atoms with van der Waals surface area (Å²) < 4.78 is 11.3. The maximum Gasteiger partial charge on any atom is 0.313 e. The van der Waals surface area contributed by atoms with Gasteiger partial charge in [0.25, 0.3) is 0 Å². The molecule has 3 rings (SSSR count). The Morgan fingerprint density at radius 1 is 1.04 bits per heavy atom. The lowest BCUT2D eigenvalue weighted by atomic mass is 10.1. The van der Waals surface area contributed by atoms with E-state index in [1.165, 1.54) is 0 Å². The molecule has 1 atom stereocenters. The van der Waals surface area contributed by atoms with E-state index in [0.717, 1.165) is 11.1 Å². The number of benzene rings is 2. The van der Waals surface area contributed by atoms with Gasteiger partial charge in [0.05, 0.1) is 6.54 Å². The summed E-state index contributed by atoms with van der Waals surface area (Å²) in [5.41, 5.74) is 2.76. The van der Waals surface area contributed by atoms with Crippen molar-refractivity contribution >= 4 is 17.5 Å². The van der Waals surface area contributed by atoms with Gasteiger partial charge in [-0.1, -0.05) is 18.2 Å². The lowest BCUT2D eigenvalue weighted by molar-refractivity contribution is -0.136. The van der Waals surface area contributed by atoms with Gasteiger partial charge in [-0.3, -0.25) is 9.59 Å². The average Bonchev–Trinajstić information content (AvgIpc) is 2.62. The van der Waals surface area contributed by atoms with Gasteiger partial charge in [0.2, 0.25) is 0 Å². The lowest BCUT2D eigenvalue weighted by Crippen LogP contribution is -2.44. The molecule has 0 fully saturated rings. The van der Waals surface area contributed by atoms with Crippen LogP contribution in [-0.2, 0) is 9.59 Å². The van der Waals surface area contributed by atoms with Gasteiger partial charge in [0, 0.05) is 5.69 Å². The van der Waals surface area contributed by atoms with Gasteiger partial charge in [0.1, 0.15) is 12.7 Å². The maximum absolute atomic E-state index is 12.0. The van der Waals surface area contributed by atoms with Gasteiger partial charge in [-0.15, -0.1) is 0 Å². The fourth-order valence-corrected chi connectivity index (χ4v) is 2.46. The van der Waals surface area contributed by atoms with Crippen LogP contribution < -0.4 is 20.1 Å². The molecule has 0 aliphatic carbocycles. The van der Waals surface area contributed by atoms with Crippen LogP contribution in [0.4, 0.5) is 5.69 Å². The summed E-state index contributed by atoms with van der Waals surface area (Å²) in [4.78, 5) is 24.0. The molecule has 0 bridgehead atoms. The normalized spacial score (nSPS) is 15.4. The van der Waals surface area contributed by atoms with Crippen molar-refractivity contribution in [1.29, 1.82) is 0 Å². The predicted octanol–water partition coefficient (Wildman–Crippen LogP) is 2.20. The molecule has 2 amide bonds. The van der Waals surface area contributed by atoms with Crippen LogP contribution in [-0.4, -0.2) is 31.1 Å². The SMILES string of the molecule is Cc1ccc(NC(=O)C(=O)NC[C@@H]2COc3ccccc3O2)cc1C. The fourth-order valence-electron chi connectivity index (χ4n) is 2.46. The minimum atomic E-state index is -0.708. The van der Waals surface area contributed by atoms with Crippen molar-refractivity contribution in [2.24, 2.45) is 0 Å². The number of fused-ring (bicyclic) bond motifs is 1. The van der Waals surface area contributed by atoms with Gasteiger partial charge in [-0.05, 0) is 49.2 Å². The Balaban J connectivity index is 1.51. The number of carbonyl (C=O) groups excluding carboxylic acids is 2. The number of ether oxygens (including phenoxy) is 2. The minimum Gasteiger partial charge on any atom is -0.486 e. The molecule has 0 saturated carbocycles. The Labute approximate surface area is 146 Å². The van der Waals surface area contributed by atoms with Gasteiger partial charge in [-0.2, -0.15) is 0 Å². The van der Waals surface area contributed by atoms with Crippen molar-refractivity contribution in [3.8, 4) is 11.5 Å². The summed E-state index contributed by atoms with van der Waals surface area (Å²) in [5.74, 6) is -0.105. The van der Waals surface area contributed by atoms with E-state index in [0.29, 0.717) is 23.8 Å². The second-order valence-electron chi connectivity index (χ2n) is 5.96. The molecule has 25 heavy (non-hydrogen) atoms. The smallest absolute Gasteiger partial charge is 0.313 e. The number of anilines is 1. The number of amides is 2. The molecular formula is C19H20N2O4. The highest BCUT2D eigenvalue weighted by molar-refractivity contribution is 6.39. The topological polar surface area (TPSA) is 76.7 Å². The van der Waals surface area contributed by atoms with E-state index < -0.39 is 11.8 Å². The molecule has 1 aliphatic rings. The van der Waals surface area contributed by atoms with Crippen molar-refractivity contribution < 1.29 is 19.1 Å². The van der Waals surface area contributed by atoms with Crippen LogP contribution in [0.3, 0.4) is 0 Å². The predicted molar refractivity (Wildman–Crippen MR) is 93.9 cm³/mol. The Hall–Kier alpha value is -3.02. The van der Waals surface area contributed by atoms with Gasteiger partial charge < -0.3 is 20.1 Å². The van der Waals surface area contributed by atoms with Crippen LogP contribution in [0, 0.1) is 13.8 Å². The van der Waals surface area contributed by atoms with Gasteiger partial charge in [-0.25, -0.2) is 0 Å². The highest BCUT2D eigenvalue weighted by Crippen LogP contribution is 2.30. The second-order valence-corrected chi connectivity index (χ2v) is 5.96. The zero-order valence-electron chi connectivity index (χ0n) is 14.2. The monoisotopic (exact) mass is 340 g/mol. The molecule has 2 aromatic carbocycles. The van der Waals surface area contributed by atoms with Crippen molar-refractivity contribution in [1.82, 2.24) is 5.32 Å². The molecule has 2 aromatic rings. The quantitative estimate of drug-likeness (QED) is 0.840. The molecule has 130 valence electrons. The zero-order valence-corrected chi connectivity index (χ0v) is 14.2. The number of nitrogens with one attached hydrogen (secondary N) is 2. The Morgan fingerprint density at radius 3 is 2.56 bits per heavy atom. The largest absolute Gasteiger partial charge is 0.486 e. The third-order valence-electron chi connectivity index (χ3n) is 4.03. The molecule has 0 unspecified atom stereocenters. The number of carbonyl (C=O) groups is 2. The standard InChI is InChI=1S/C19H20N2O4/c1-12-7-8-14(9-13(12)2)21-19(23)18(22)20-10-15-11-24-16-5-3-4-6-17(16)25-15/h3-9,15H,10-11H2,1-2H3,(H,20,22)(H,21,23)/t15-/m1/s1. The highest BCUT2D eigenvalue weighted by atomic mass is 16.6. The summed E-state index contributed by atoms with van der Waals surface area (Å²) >= 11 is 0. The Kier molecular flexibility index (Phi) is 4.88. The third kappa shape index (κ3) is 4.09. The highest BCUT2D eigenvalue weighted by Gasteiger charge is 2.22. The Morgan fingerprint density at radius 2 is 1.80 bits per heavy atom. The first-order valence-electron chi connectivity index (χ1n) is 8.08. The molecule has 0 radical (unpaired) electrons. The Bertz CT molecular complexity index is 804. The maximum atomic E-state index is 12.0. The van der Waals surface area contributed by atoms with E-state index in [4.69, 9.17) is 9.47 Å². The van der Waals surface area contributed by atoms with Crippen LogP contribution >= 0.6 is 0 Å². The molecule has 1 heterocycles. The van der Waals surface area contributed by atoms with Crippen LogP contribution in [0.15, 0.2) is 42.5 Å². The summed E-state index contributed by atoms with van der Waals surface area (Å²) in [7, 11) is 0. The van der Waals surface area contributed by atoms with E-state index in [-0.39, 0.29) is 12.6 Å². The molecular weight excluding hydrogens is 320 g/mol. The lowest BCUT2D eigenvalue weighted by Gasteiger charge is -2.26. The fraction of sp³-hybridized carbons (Fsp3) is 0.263. The average molecular weight is 340 g/mol. The van der Waals surface area contributed by atoms with Crippen molar-refractivity contribution in [3.63, 3.8) is 0 Å². The molecule has 0 aromatic heterocycles. The van der Waals surface area contributed by atoms with Crippen LogP contribution in [0.1, 0.15) is 11.1 Å². The van der Waals surface area contributed by atoms with E-state index in [2.05, 4.69) is 10.6 Å². The molecule has 6 heteroatoms. The summed E-state index contributed by atoms with van der Waals surface area (Å²) in [5, 5.41) is 5.16. The van der Waals surface area contributed by atoms with Crippen LogP contribution in [0.2, 0.25) is 0 Å². The van der Waals surface area contributed by atoms with Crippen molar-refractivity contribution in [2.45, 2.75) is 20.0 Å². The number of hydrogen-bond acceptors (Lipinski definition) is 4. The number of aryl methyl sites for hydroxylation is 2. The van der Waals surface area contributed by atoms with E-state index in [9.17, 15) is 9.59 Å². The first-order chi connectivity index (χ1) is 12.0. The molecule has 1 aliphatic heterocycles. The molecule has 0 spiro atoms. The third-order valence-corrected chi connectivity index (χ3v) is 4.03. The van der Waals surface area contributed by atoms with Crippen molar-refractivity contribution in [3.05, 3.63) is 53.6 Å². The minimum absolute atomic E-state index is 0.188. The van der Waals surface area contributed by atoms with Crippen molar-refractivity contribution in [2.75, 3.05) is 18.5 Å². The first-order valence-corrected chi connectivity index (χ1v) is 8.08. The van der Waals surface area contributed by atoms with E-state index in [1.54, 1.807) is 12.1 Å². The van der Waals surface area contributed by atoms with Gasteiger partial charge in [0.15, 0.2) is 11.5 Å². The van der Waals surface area contributed by atoms with E-state index in [1.807, 2.05) is 44.2 Å². The summed E-state index contributed by atoms with van der Waals surface area (Å²) in [6.45, 7) is 4.44. The van der Waals surface area contributed by atoms with Crippen LogP contribution in [0.5, 0.6) is 11.5 Å². The van der Waals surface area contributed by atoms with Gasteiger partial charge >= 0.3 is 11.8 Å². The van der Waals surface area contributed by atoms with E-state index >= 15 is 0 Å².